The zero-order chi connectivity index (χ0) is 20.8. The Morgan fingerprint density at radius 1 is 1.14 bits per heavy atom. The van der Waals surface area contributed by atoms with Gasteiger partial charge in [-0.3, -0.25) is 14.5 Å². The number of hydrogen-bond acceptors (Lipinski definition) is 6. The van der Waals surface area contributed by atoms with E-state index in [9.17, 15) is 14.4 Å². The van der Waals surface area contributed by atoms with Gasteiger partial charge in [0.05, 0.1) is 18.1 Å². The molecule has 1 aliphatic heterocycles. The van der Waals surface area contributed by atoms with E-state index >= 15 is 0 Å². The summed E-state index contributed by atoms with van der Waals surface area (Å²) in [4.78, 5) is 37.9. The highest BCUT2D eigenvalue weighted by atomic mass is 79.9. The van der Waals surface area contributed by atoms with Crippen molar-refractivity contribution in [2.24, 2.45) is 0 Å². The molecule has 2 aromatic rings. The zero-order valence-electron chi connectivity index (χ0n) is 15.6. The van der Waals surface area contributed by atoms with Crippen LogP contribution in [-0.4, -0.2) is 35.2 Å². The van der Waals surface area contributed by atoms with Crippen LogP contribution in [0.3, 0.4) is 0 Å². The van der Waals surface area contributed by atoms with Gasteiger partial charge in [-0.1, -0.05) is 46.3 Å². The van der Waals surface area contributed by atoms with E-state index in [-0.39, 0.29) is 24.3 Å². The lowest BCUT2D eigenvalue weighted by Gasteiger charge is -2.13. The zero-order valence-corrected chi connectivity index (χ0v) is 18.0. The van der Waals surface area contributed by atoms with Crippen LogP contribution in [-0.2, 0) is 20.9 Å². The molecule has 0 aromatic heterocycles. The lowest BCUT2D eigenvalue weighted by atomic mass is 10.2. The molecule has 1 aliphatic rings. The van der Waals surface area contributed by atoms with E-state index in [0.717, 1.165) is 27.4 Å². The Hall–Kier alpha value is -2.58. The first kappa shape index (κ1) is 21.1. The normalized spacial score (nSPS) is 15.1. The maximum absolute atomic E-state index is 12.7. The van der Waals surface area contributed by atoms with Gasteiger partial charge in [0.15, 0.2) is 6.61 Å². The van der Waals surface area contributed by atoms with Gasteiger partial charge in [0.2, 0.25) is 0 Å². The number of rotatable bonds is 7. The predicted octanol–water partition coefficient (Wildman–Crippen LogP) is 4.63. The summed E-state index contributed by atoms with van der Waals surface area (Å²) in [6.07, 6.45) is 1.67. The lowest BCUT2D eigenvalue weighted by Crippen LogP contribution is -2.27. The standard InChI is InChI=1S/C21H18BrNO5S/c1-2-27-19(24)13-28-16-9-7-14(8-10-16)11-18-20(25)23(21(26)29-18)12-15-5-3-4-6-17(15)22/h3-11H,2,12-13H2,1H3/b18-11-. The van der Waals surface area contributed by atoms with Crippen molar-refractivity contribution in [2.75, 3.05) is 13.2 Å². The van der Waals surface area contributed by atoms with Gasteiger partial charge in [-0.05, 0) is 54.1 Å². The number of hydrogen-bond donors (Lipinski definition) is 0. The lowest BCUT2D eigenvalue weighted by molar-refractivity contribution is -0.145. The smallest absolute Gasteiger partial charge is 0.344 e. The average Bonchev–Trinajstić information content (AvgIpc) is 2.96. The summed E-state index contributed by atoms with van der Waals surface area (Å²) in [6.45, 7) is 2.08. The van der Waals surface area contributed by atoms with E-state index in [2.05, 4.69) is 15.9 Å². The Labute approximate surface area is 181 Å². The van der Waals surface area contributed by atoms with Crippen molar-refractivity contribution in [3.05, 3.63) is 69.0 Å². The Morgan fingerprint density at radius 2 is 1.86 bits per heavy atom. The van der Waals surface area contributed by atoms with Crippen LogP contribution in [0.1, 0.15) is 18.1 Å². The van der Waals surface area contributed by atoms with Crippen molar-refractivity contribution in [2.45, 2.75) is 13.5 Å². The third kappa shape index (κ3) is 5.48. The molecule has 3 rings (SSSR count). The molecule has 6 nitrogen and oxygen atoms in total. The Kier molecular flexibility index (Phi) is 7.11. The number of ether oxygens (including phenoxy) is 2. The van der Waals surface area contributed by atoms with E-state index in [4.69, 9.17) is 9.47 Å². The van der Waals surface area contributed by atoms with Crippen molar-refractivity contribution in [1.82, 2.24) is 4.90 Å². The second kappa shape index (κ2) is 9.76. The quantitative estimate of drug-likeness (QED) is 0.429. The Bertz CT molecular complexity index is 958. The van der Waals surface area contributed by atoms with Crippen LogP contribution >= 0.6 is 27.7 Å². The molecule has 0 bridgehead atoms. The summed E-state index contributed by atoms with van der Waals surface area (Å²) < 4.78 is 11.0. The second-order valence-electron chi connectivity index (χ2n) is 6.02. The van der Waals surface area contributed by atoms with E-state index in [0.29, 0.717) is 17.3 Å². The number of esters is 1. The molecule has 0 atom stereocenters. The summed E-state index contributed by atoms with van der Waals surface area (Å²) >= 11 is 4.35. The summed E-state index contributed by atoms with van der Waals surface area (Å²) in [6, 6.07) is 14.4. The molecule has 8 heteroatoms. The third-order valence-electron chi connectivity index (χ3n) is 4.00. The summed E-state index contributed by atoms with van der Waals surface area (Å²) in [5.41, 5.74) is 1.61. The summed E-state index contributed by atoms with van der Waals surface area (Å²) in [7, 11) is 0. The number of imide groups is 1. The number of benzene rings is 2. The average molecular weight is 476 g/mol. The van der Waals surface area contributed by atoms with Crippen LogP contribution in [0.25, 0.3) is 6.08 Å². The Balaban J connectivity index is 1.66. The van der Waals surface area contributed by atoms with Crippen LogP contribution in [0.15, 0.2) is 57.9 Å². The van der Waals surface area contributed by atoms with Gasteiger partial charge in [0, 0.05) is 4.47 Å². The van der Waals surface area contributed by atoms with Gasteiger partial charge in [-0.2, -0.15) is 0 Å². The third-order valence-corrected chi connectivity index (χ3v) is 5.68. The molecular formula is C21H18BrNO5S. The number of nitrogens with zero attached hydrogens (tertiary/aromatic N) is 1. The second-order valence-corrected chi connectivity index (χ2v) is 7.87. The first-order valence-corrected chi connectivity index (χ1v) is 10.5. The van der Waals surface area contributed by atoms with Gasteiger partial charge in [0.1, 0.15) is 5.75 Å². The minimum Gasteiger partial charge on any atom is -0.482 e. The molecule has 150 valence electrons. The molecule has 29 heavy (non-hydrogen) atoms. The van der Waals surface area contributed by atoms with Gasteiger partial charge < -0.3 is 9.47 Å². The minimum atomic E-state index is -0.435. The molecule has 1 fully saturated rings. The maximum Gasteiger partial charge on any atom is 0.344 e. The fourth-order valence-corrected chi connectivity index (χ4v) is 3.84. The van der Waals surface area contributed by atoms with Crippen molar-refractivity contribution in [3.8, 4) is 5.75 Å². The molecule has 0 radical (unpaired) electrons. The Morgan fingerprint density at radius 3 is 2.55 bits per heavy atom. The molecule has 1 heterocycles. The van der Waals surface area contributed by atoms with E-state index in [1.165, 1.54) is 4.90 Å². The van der Waals surface area contributed by atoms with Crippen molar-refractivity contribution >= 4 is 50.9 Å². The van der Waals surface area contributed by atoms with Gasteiger partial charge in [0.25, 0.3) is 11.1 Å². The van der Waals surface area contributed by atoms with Crippen molar-refractivity contribution in [1.29, 1.82) is 0 Å². The van der Waals surface area contributed by atoms with Gasteiger partial charge in [-0.25, -0.2) is 4.79 Å². The topological polar surface area (TPSA) is 72.9 Å². The van der Waals surface area contributed by atoms with Crippen LogP contribution in [0, 0.1) is 0 Å². The highest BCUT2D eigenvalue weighted by molar-refractivity contribution is 9.10. The number of thioether (sulfide) groups is 1. The monoisotopic (exact) mass is 475 g/mol. The summed E-state index contributed by atoms with van der Waals surface area (Å²) in [5.74, 6) is -0.245. The molecular weight excluding hydrogens is 458 g/mol. The van der Waals surface area contributed by atoms with E-state index in [1.807, 2.05) is 24.3 Å². The summed E-state index contributed by atoms with van der Waals surface area (Å²) in [5, 5.41) is -0.300. The highest BCUT2D eigenvalue weighted by Crippen LogP contribution is 2.34. The predicted molar refractivity (Wildman–Crippen MR) is 114 cm³/mol. The van der Waals surface area contributed by atoms with Crippen LogP contribution in [0.2, 0.25) is 0 Å². The molecule has 2 amide bonds. The molecule has 2 aromatic carbocycles. The molecule has 0 unspecified atom stereocenters. The minimum absolute atomic E-state index is 0.166. The molecule has 0 aliphatic carbocycles. The van der Waals surface area contributed by atoms with Crippen molar-refractivity contribution in [3.63, 3.8) is 0 Å². The first-order chi connectivity index (χ1) is 14.0. The fraction of sp³-hybridized carbons (Fsp3) is 0.190. The molecule has 0 spiro atoms. The molecule has 0 N–H and O–H groups in total. The van der Waals surface area contributed by atoms with Crippen molar-refractivity contribution < 1.29 is 23.9 Å². The van der Waals surface area contributed by atoms with Gasteiger partial charge in [-0.15, -0.1) is 0 Å². The van der Waals surface area contributed by atoms with Crippen LogP contribution < -0.4 is 4.74 Å². The fourth-order valence-electron chi connectivity index (χ4n) is 2.59. The number of carbonyl (C=O) groups excluding carboxylic acids is 3. The van der Waals surface area contributed by atoms with Gasteiger partial charge >= 0.3 is 5.97 Å². The number of halogens is 1. The maximum atomic E-state index is 12.7. The van der Waals surface area contributed by atoms with E-state index < -0.39 is 5.97 Å². The number of carbonyl (C=O) groups is 3. The SMILES string of the molecule is CCOC(=O)COc1ccc(/C=C2\SC(=O)N(Cc3ccccc3Br)C2=O)cc1. The molecule has 0 saturated carbocycles. The molecule has 1 saturated heterocycles. The number of amides is 2. The van der Waals surface area contributed by atoms with Crippen LogP contribution in [0.4, 0.5) is 4.79 Å². The van der Waals surface area contributed by atoms with E-state index in [1.54, 1.807) is 37.3 Å². The van der Waals surface area contributed by atoms with Crippen LogP contribution in [0.5, 0.6) is 5.75 Å². The highest BCUT2D eigenvalue weighted by Gasteiger charge is 2.35. The first-order valence-electron chi connectivity index (χ1n) is 8.85. The largest absolute Gasteiger partial charge is 0.482 e.